The maximum absolute atomic E-state index is 12.2. The zero-order valence-electron chi connectivity index (χ0n) is 16.2. The van der Waals surface area contributed by atoms with Gasteiger partial charge in [0.15, 0.2) is 4.34 Å². The largest absolute Gasteiger partial charge is 0.416 e. The smallest absolute Gasteiger partial charge is 0.309 e. The first-order chi connectivity index (χ1) is 13.9. The number of esters is 2. The van der Waals surface area contributed by atoms with Crippen LogP contribution in [0.1, 0.15) is 40.1 Å². The van der Waals surface area contributed by atoms with Crippen LogP contribution in [-0.2, 0) is 37.0 Å². The molecule has 0 bridgehead atoms. The number of ether oxygens (including phenoxy) is 2. The summed E-state index contributed by atoms with van der Waals surface area (Å²) in [7, 11) is 0. The molecule has 1 spiro atoms. The number of thiazole rings is 1. The van der Waals surface area contributed by atoms with Gasteiger partial charge in [-0.05, 0) is 50.1 Å². The van der Waals surface area contributed by atoms with E-state index in [4.69, 9.17) is 21.1 Å². The third-order valence-corrected chi connectivity index (χ3v) is 7.73. The van der Waals surface area contributed by atoms with Crippen molar-refractivity contribution in [2.75, 3.05) is 13.1 Å². The molecule has 6 nitrogen and oxygen atoms in total. The van der Waals surface area contributed by atoms with Crippen LogP contribution in [0, 0.1) is 13.8 Å². The molecule has 0 aliphatic carbocycles. The van der Waals surface area contributed by atoms with Crippen molar-refractivity contribution in [2.24, 2.45) is 0 Å². The van der Waals surface area contributed by atoms with Gasteiger partial charge >= 0.3 is 11.9 Å². The number of nitrogens with one attached hydrogen (secondary N) is 1. The van der Waals surface area contributed by atoms with Gasteiger partial charge in [0.05, 0.1) is 25.1 Å². The number of aryl methyl sites for hydroxylation is 2. The van der Waals surface area contributed by atoms with Crippen molar-refractivity contribution in [3.05, 3.63) is 44.4 Å². The third-order valence-electron chi connectivity index (χ3n) is 5.13. The van der Waals surface area contributed by atoms with E-state index in [1.54, 1.807) is 29.2 Å². The molecule has 1 N–H and O–H groups in total. The maximum Gasteiger partial charge on any atom is 0.309 e. The minimum atomic E-state index is -1.45. The molecule has 3 heterocycles. The molecule has 2 aromatic rings. The Morgan fingerprint density at radius 2 is 1.93 bits per heavy atom. The van der Waals surface area contributed by atoms with Crippen LogP contribution in [0.2, 0.25) is 5.02 Å². The lowest BCUT2D eigenvalue weighted by Gasteiger charge is -2.32. The molecular formula is C20H21ClN2O4S2. The van der Waals surface area contributed by atoms with Crippen molar-refractivity contribution in [3.8, 4) is 0 Å². The van der Waals surface area contributed by atoms with Gasteiger partial charge in [-0.1, -0.05) is 23.4 Å². The predicted molar refractivity (Wildman–Crippen MR) is 112 cm³/mol. The molecule has 0 atom stereocenters. The second kappa shape index (κ2) is 8.26. The van der Waals surface area contributed by atoms with E-state index in [1.165, 1.54) is 4.88 Å². The summed E-state index contributed by atoms with van der Waals surface area (Å²) in [5.74, 6) is -1.70. The minimum absolute atomic E-state index is 0.0228. The number of fused-ring (bicyclic) bond motifs is 2. The summed E-state index contributed by atoms with van der Waals surface area (Å²) in [4.78, 5) is 30.2. The molecule has 0 saturated carbocycles. The fourth-order valence-electron chi connectivity index (χ4n) is 3.54. The van der Waals surface area contributed by atoms with Crippen LogP contribution in [0.3, 0.4) is 0 Å². The Labute approximate surface area is 182 Å². The monoisotopic (exact) mass is 452 g/mol. The van der Waals surface area contributed by atoms with Crippen LogP contribution in [0.5, 0.6) is 0 Å². The highest BCUT2D eigenvalue weighted by Crippen LogP contribution is 2.40. The molecule has 2 aliphatic rings. The lowest BCUT2D eigenvalue weighted by Crippen LogP contribution is -2.43. The lowest BCUT2D eigenvalue weighted by atomic mass is 9.94. The average molecular weight is 453 g/mol. The van der Waals surface area contributed by atoms with Crippen LogP contribution >= 0.6 is 34.7 Å². The molecule has 0 unspecified atom stereocenters. The summed E-state index contributed by atoms with van der Waals surface area (Å²) >= 11 is 9.86. The molecule has 4 rings (SSSR count). The number of thioether (sulfide) groups is 1. The van der Waals surface area contributed by atoms with Crippen molar-refractivity contribution < 1.29 is 19.1 Å². The number of carbonyl (C=O) groups excluding carboxylic acids is 2. The van der Waals surface area contributed by atoms with E-state index in [1.807, 2.05) is 13.0 Å². The first-order valence-electron chi connectivity index (χ1n) is 9.40. The zero-order chi connectivity index (χ0) is 20.6. The first-order valence-corrected chi connectivity index (χ1v) is 11.6. The Hall–Kier alpha value is -1.61. The molecule has 1 saturated heterocycles. The van der Waals surface area contributed by atoms with Crippen LogP contribution in [-0.4, -0.2) is 30.0 Å². The summed E-state index contributed by atoms with van der Waals surface area (Å²) in [6.45, 7) is 4.94. The highest BCUT2D eigenvalue weighted by atomic mass is 35.5. The molecule has 2 aliphatic heterocycles. The predicted octanol–water partition coefficient (Wildman–Crippen LogP) is 3.88. The summed E-state index contributed by atoms with van der Waals surface area (Å²) in [6, 6.07) is 3.59. The second-order valence-corrected chi connectivity index (χ2v) is 9.92. The van der Waals surface area contributed by atoms with Gasteiger partial charge < -0.3 is 14.8 Å². The van der Waals surface area contributed by atoms with Crippen LogP contribution in [0.25, 0.3) is 0 Å². The van der Waals surface area contributed by atoms with E-state index >= 15 is 0 Å². The Morgan fingerprint density at radius 3 is 2.59 bits per heavy atom. The van der Waals surface area contributed by atoms with Gasteiger partial charge in [0.25, 0.3) is 5.79 Å². The van der Waals surface area contributed by atoms with E-state index in [0.717, 1.165) is 21.2 Å². The first kappa shape index (κ1) is 20.7. The van der Waals surface area contributed by atoms with Gasteiger partial charge in [-0.15, -0.1) is 11.3 Å². The van der Waals surface area contributed by atoms with Gasteiger partial charge in [0.1, 0.15) is 0 Å². The van der Waals surface area contributed by atoms with Gasteiger partial charge in [-0.25, -0.2) is 4.98 Å². The van der Waals surface area contributed by atoms with E-state index < -0.39 is 17.7 Å². The zero-order valence-corrected chi connectivity index (χ0v) is 18.6. The Bertz CT molecular complexity index is 938. The fraction of sp³-hybridized carbons (Fsp3) is 0.450. The number of halogens is 1. The van der Waals surface area contributed by atoms with Gasteiger partial charge in [0.2, 0.25) is 0 Å². The fourth-order valence-corrected chi connectivity index (χ4v) is 6.09. The Kier molecular flexibility index (Phi) is 5.88. The molecule has 0 amide bonds. The second-order valence-electron chi connectivity index (χ2n) is 7.09. The number of aromatic nitrogens is 1. The van der Waals surface area contributed by atoms with E-state index in [0.29, 0.717) is 29.3 Å². The Morgan fingerprint density at radius 1 is 1.21 bits per heavy atom. The molecule has 0 radical (unpaired) electrons. The lowest BCUT2D eigenvalue weighted by molar-refractivity contribution is -0.225. The quantitative estimate of drug-likeness (QED) is 0.559. The van der Waals surface area contributed by atoms with Crippen LogP contribution < -0.4 is 5.32 Å². The summed E-state index contributed by atoms with van der Waals surface area (Å²) in [5.41, 5.74) is 3.65. The number of benzene rings is 1. The maximum atomic E-state index is 12.2. The normalized spacial score (nSPS) is 18.6. The summed E-state index contributed by atoms with van der Waals surface area (Å²) in [6.07, 6.45) is 0.739. The number of rotatable bonds is 3. The van der Waals surface area contributed by atoms with E-state index in [9.17, 15) is 9.59 Å². The van der Waals surface area contributed by atoms with E-state index in [-0.39, 0.29) is 19.4 Å². The molecule has 9 heteroatoms. The van der Waals surface area contributed by atoms with Crippen molar-refractivity contribution in [1.82, 2.24) is 10.3 Å². The topological polar surface area (TPSA) is 77.5 Å². The van der Waals surface area contributed by atoms with Crippen molar-refractivity contribution >= 4 is 46.6 Å². The Balaban J connectivity index is 1.73. The third kappa shape index (κ3) is 4.17. The molecule has 29 heavy (non-hydrogen) atoms. The molecule has 1 aromatic carbocycles. The van der Waals surface area contributed by atoms with Gasteiger partial charge in [-0.3, -0.25) is 9.59 Å². The number of carbonyl (C=O) groups is 2. The highest BCUT2D eigenvalue weighted by Gasteiger charge is 2.45. The SMILES string of the molecule is Cc1nc(SCc2c(Cl)ccc3c2CCNCC32OC(=O)CCC(=O)O2)sc1C. The molecule has 154 valence electrons. The molecular weight excluding hydrogens is 432 g/mol. The summed E-state index contributed by atoms with van der Waals surface area (Å²) in [5, 5.41) is 3.88. The number of nitrogens with zero attached hydrogens (tertiary/aromatic N) is 1. The standard InChI is InChI=1S/C20H21ClN2O4S2/c1-11-12(2)29-19(23-11)28-9-14-13-7-8-22-10-20(15(13)3-4-16(14)21)26-17(24)5-6-18(25)27-20/h3-4,22H,5-10H2,1-2H3. The van der Waals surface area contributed by atoms with Crippen LogP contribution in [0.15, 0.2) is 16.5 Å². The average Bonchev–Trinajstić information content (AvgIpc) is 2.81. The highest BCUT2D eigenvalue weighted by molar-refractivity contribution is 8.00. The minimum Gasteiger partial charge on any atom is -0.416 e. The van der Waals surface area contributed by atoms with Gasteiger partial charge in [0, 0.05) is 21.2 Å². The van der Waals surface area contributed by atoms with E-state index in [2.05, 4.69) is 17.2 Å². The molecule has 1 aromatic heterocycles. The van der Waals surface area contributed by atoms with Crippen molar-refractivity contribution in [3.63, 3.8) is 0 Å². The molecule has 1 fully saturated rings. The number of hydrogen-bond donors (Lipinski definition) is 1. The van der Waals surface area contributed by atoms with Gasteiger partial charge in [-0.2, -0.15) is 0 Å². The summed E-state index contributed by atoms with van der Waals surface area (Å²) < 4.78 is 12.4. The number of hydrogen-bond acceptors (Lipinski definition) is 8. The van der Waals surface area contributed by atoms with Crippen molar-refractivity contribution in [1.29, 1.82) is 0 Å². The van der Waals surface area contributed by atoms with Crippen molar-refractivity contribution in [2.45, 2.75) is 49.0 Å². The van der Waals surface area contributed by atoms with Crippen LogP contribution in [0.4, 0.5) is 0 Å².